The summed E-state index contributed by atoms with van der Waals surface area (Å²) in [5.74, 6) is -1.95. The summed E-state index contributed by atoms with van der Waals surface area (Å²) < 4.78 is 39.3. The second kappa shape index (κ2) is 15.4. The average molecular weight is 714 g/mol. The standard InChI is InChI=1S/C32H44FN3O14/c33-18-10-16-19(36(15-2-3-15)12-17(23(16)39)30(45)46)11-20(18)35-7-5-34(6-8-35)4-1-9-47-31-28(44)26(42)29(22(14-38)49-31)50-32-27(43)25(41)24(40)21(13-37)48-32/h10-12,15,21-22,24-29,31-32,37-38,40-44H,1-9,13-14H2,(H,45,46)/t21-,22-,24+,25+,26-,27-,28-,29-,31-,32+/m1/s1. The van der Waals surface area contributed by atoms with Crippen LogP contribution in [-0.2, 0) is 18.9 Å². The fourth-order valence-electron chi connectivity index (χ4n) is 6.80. The quantitative estimate of drug-likeness (QED) is 0.105. The van der Waals surface area contributed by atoms with Crippen molar-refractivity contribution in [3.05, 3.63) is 39.9 Å². The van der Waals surface area contributed by atoms with Crippen molar-refractivity contribution in [1.82, 2.24) is 9.47 Å². The molecule has 17 nitrogen and oxygen atoms in total. The number of aliphatic hydroxyl groups excluding tert-OH is 7. The normalized spacial score (nSPS) is 34.0. The molecule has 1 aromatic carbocycles. The van der Waals surface area contributed by atoms with Gasteiger partial charge in [-0.15, -0.1) is 0 Å². The summed E-state index contributed by atoms with van der Waals surface area (Å²) in [5.41, 5.74) is -0.249. The number of ether oxygens (including phenoxy) is 4. The number of hydrogen-bond donors (Lipinski definition) is 8. The molecule has 1 saturated carbocycles. The third kappa shape index (κ3) is 7.39. The minimum atomic E-state index is -1.76. The Morgan fingerprint density at radius 2 is 1.54 bits per heavy atom. The predicted octanol–water partition coefficient (Wildman–Crippen LogP) is -2.67. The number of piperazine rings is 1. The molecule has 10 atom stereocenters. The number of pyridine rings is 1. The number of anilines is 1. The number of aromatic carboxylic acids is 1. The van der Waals surface area contributed by atoms with Crippen LogP contribution in [0.15, 0.2) is 23.1 Å². The SMILES string of the molecule is O=C(O)c1cn(C2CC2)c2cc(N3CCN(CCCO[C@@H]4O[C@H](CO)[C@@H](O[C@@H]5O[C@H](CO)[C@H](O)[C@H](O)[C@H]5O)[C@H](O)[C@H]4O)CC3)c(F)cc2c1=O. The highest BCUT2D eigenvalue weighted by atomic mass is 19.1. The first kappa shape index (κ1) is 36.9. The molecule has 18 heteroatoms. The van der Waals surface area contributed by atoms with Gasteiger partial charge in [0.15, 0.2) is 12.6 Å². The number of carboxylic acid groups (broad SMARTS) is 1. The number of halogens is 1. The number of benzene rings is 1. The lowest BCUT2D eigenvalue weighted by molar-refractivity contribution is -0.359. The summed E-state index contributed by atoms with van der Waals surface area (Å²) in [7, 11) is 0. The van der Waals surface area contributed by atoms with Gasteiger partial charge in [0.05, 0.1) is 31.0 Å². The highest BCUT2D eigenvalue weighted by Gasteiger charge is 2.50. The number of aliphatic hydroxyl groups is 7. The lowest BCUT2D eigenvalue weighted by atomic mass is 9.97. The Bertz CT molecular complexity index is 1560. The number of fused-ring (bicyclic) bond motifs is 1. The van der Waals surface area contributed by atoms with Crippen LogP contribution in [0, 0.1) is 5.82 Å². The molecule has 3 saturated heterocycles. The maximum atomic E-state index is 15.3. The van der Waals surface area contributed by atoms with Gasteiger partial charge >= 0.3 is 5.97 Å². The lowest BCUT2D eigenvalue weighted by Gasteiger charge is -2.46. The van der Waals surface area contributed by atoms with Gasteiger partial charge in [0, 0.05) is 50.3 Å². The number of rotatable bonds is 12. The summed E-state index contributed by atoms with van der Waals surface area (Å²) in [4.78, 5) is 28.5. The Morgan fingerprint density at radius 1 is 0.880 bits per heavy atom. The highest BCUT2D eigenvalue weighted by molar-refractivity contribution is 5.93. The average Bonchev–Trinajstić information content (AvgIpc) is 3.95. The molecule has 0 amide bonds. The second-order valence-corrected chi connectivity index (χ2v) is 13.2. The molecule has 2 aromatic rings. The monoisotopic (exact) mass is 713 g/mol. The zero-order valence-electron chi connectivity index (χ0n) is 27.1. The van der Waals surface area contributed by atoms with E-state index in [9.17, 15) is 50.4 Å². The summed E-state index contributed by atoms with van der Waals surface area (Å²) in [5, 5.41) is 80.6. The molecule has 4 heterocycles. The second-order valence-electron chi connectivity index (χ2n) is 13.2. The van der Waals surface area contributed by atoms with Gasteiger partial charge in [-0.05, 0) is 31.4 Å². The molecule has 4 aliphatic rings. The molecule has 6 rings (SSSR count). The van der Waals surface area contributed by atoms with Crippen molar-refractivity contribution in [3.8, 4) is 0 Å². The van der Waals surface area contributed by atoms with Gasteiger partial charge < -0.3 is 69.3 Å². The van der Waals surface area contributed by atoms with Crippen molar-refractivity contribution in [1.29, 1.82) is 0 Å². The van der Waals surface area contributed by atoms with E-state index < -0.39 is 91.8 Å². The van der Waals surface area contributed by atoms with Crippen LogP contribution in [0.1, 0.15) is 35.7 Å². The van der Waals surface area contributed by atoms with E-state index >= 15 is 4.39 Å². The fourth-order valence-corrected chi connectivity index (χ4v) is 6.80. The van der Waals surface area contributed by atoms with Crippen molar-refractivity contribution < 1.29 is 69.0 Å². The zero-order chi connectivity index (χ0) is 35.9. The van der Waals surface area contributed by atoms with Gasteiger partial charge in [0.25, 0.3) is 0 Å². The Labute approximate surface area is 285 Å². The largest absolute Gasteiger partial charge is 0.477 e. The molecular formula is C32H44FN3O14. The van der Waals surface area contributed by atoms with E-state index in [-0.39, 0.29) is 23.6 Å². The molecule has 50 heavy (non-hydrogen) atoms. The number of nitrogens with zero attached hydrogens (tertiary/aromatic N) is 3. The molecular weight excluding hydrogens is 669 g/mol. The van der Waals surface area contributed by atoms with E-state index in [1.165, 1.54) is 6.20 Å². The van der Waals surface area contributed by atoms with E-state index in [1.54, 1.807) is 10.6 Å². The van der Waals surface area contributed by atoms with Gasteiger partial charge in [-0.25, -0.2) is 9.18 Å². The summed E-state index contributed by atoms with van der Waals surface area (Å²) in [6.07, 6.45) is -11.7. The van der Waals surface area contributed by atoms with Gasteiger partial charge in [0.1, 0.15) is 60.2 Å². The Morgan fingerprint density at radius 3 is 2.18 bits per heavy atom. The number of carboxylic acids is 1. The maximum Gasteiger partial charge on any atom is 0.341 e. The van der Waals surface area contributed by atoms with Gasteiger partial charge in [-0.2, -0.15) is 0 Å². The van der Waals surface area contributed by atoms with Gasteiger partial charge in [0.2, 0.25) is 5.43 Å². The smallest absolute Gasteiger partial charge is 0.341 e. The Kier molecular flexibility index (Phi) is 11.4. The third-order valence-electron chi connectivity index (χ3n) is 9.85. The summed E-state index contributed by atoms with van der Waals surface area (Å²) >= 11 is 0. The first-order valence-electron chi connectivity index (χ1n) is 16.7. The van der Waals surface area contributed by atoms with Crippen molar-refractivity contribution in [2.45, 2.75) is 86.7 Å². The molecule has 8 N–H and O–H groups in total. The molecule has 1 aliphatic carbocycles. The lowest BCUT2D eigenvalue weighted by Crippen LogP contribution is -2.64. The van der Waals surface area contributed by atoms with Crippen LogP contribution < -0.4 is 10.3 Å². The van der Waals surface area contributed by atoms with E-state index in [2.05, 4.69) is 4.90 Å². The summed E-state index contributed by atoms with van der Waals surface area (Å²) in [6.45, 7) is 1.51. The van der Waals surface area contributed by atoms with Gasteiger partial charge in [-0.3, -0.25) is 9.69 Å². The first-order chi connectivity index (χ1) is 23.9. The van der Waals surface area contributed by atoms with Crippen LogP contribution in [0.5, 0.6) is 0 Å². The van der Waals surface area contributed by atoms with Crippen LogP contribution in [0.25, 0.3) is 10.9 Å². The minimum absolute atomic E-state index is 0.0402. The van der Waals surface area contributed by atoms with Crippen molar-refractivity contribution in [2.24, 2.45) is 0 Å². The van der Waals surface area contributed by atoms with Crippen molar-refractivity contribution >= 4 is 22.6 Å². The predicted molar refractivity (Wildman–Crippen MR) is 169 cm³/mol. The number of hydrogen-bond acceptors (Lipinski definition) is 15. The van der Waals surface area contributed by atoms with Crippen LogP contribution in [0.3, 0.4) is 0 Å². The van der Waals surface area contributed by atoms with Crippen LogP contribution in [0.4, 0.5) is 10.1 Å². The topological polar surface area (TPSA) is 244 Å². The molecule has 4 fully saturated rings. The molecule has 1 aromatic heterocycles. The van der Waals surface area contributed by atoms with E-state index in [0.717, 1.165) is 18.9 Å². The molecule has 0 bridgehead atoms. The molecule has 0 radical (unpaired) electrons. The van der Waals surface area contributed by atoms with E-state index in [0.29, 0.717) is 50.3 Å². The van der Waals surface area contributed by atoms with Crippen LogP contribution >= 0.6 is 0 Å². The summed E-state index contributed by atoms with van der Waals surface area (Å²) in [6, 6.07) is 2.83. The molecule has 3 aliphatic heterocycles. The van der Waals surface area contributed by atoms with Crippen LogP contribution in [0.2, 0.25) is 0 Å². The highest BCUT2D eigenvalue weighted by Crippen LogP contribution is 2.38. The maximum absolute atomic E-state index is 15.3. The Balaban J connectivity index is 0.995. The van der Waals surface area contributed by atoms with Crippen molar-refractivity contribution in [3.63, 3.8) is 0 Å². The molecule has 278 valence electrons. The number of aromatic nitrogens is 1. The zero-order valence-corrected chi connectivity index (χ0v) is 27.1. The van der Waals surface area contributed by atoms with E-state index in [4.69, 9.17) is 18.9 Å². The number of carbonyl (C=O) groups is 1. The minimum Gasteiger partial charge on any atom is -0.477 e. The Hall–Kier alpha value is -2.85. The first-order valence-corrected chi connectivity index (χ1v) is 16.7. The third-order valence-corrected chi connectivity index (χ3v) is 9.85. The molecule has 0 unspecified atom stereocenters. The fraction of sp³-hybridized carbons (Fsp3) is 0.688. The van der Waals surface area contributed by atoms with E-state index in [1.807, 2.05) is 4.90 Å². The van der Waals surface area contributed by atoms with Crippen LogP contribution in [-0.4, -0.2) is 170 Å². The van der Waals surface area contributed by atoms with Gasteiger partial charge in [-0.1, -0.05) is 0 Å². The van der Waals surface area contributed by atoms with Crippen molar-refractivity contribution in [2.75, 3.05) is 57.4 Å². The molecule has 0 spiro atoms.